The molecule has 1 N–H and O–H groups in total. The number of hydrogen-bond donors (Lipinski definition) is 1. The number of fused-ring (bicyclic) bond motifs is 1. The van der Waals surface area contributed by atoms with Crippen molar-refractivity contribution in [3.63, 3.8) is 0 Å². The Balaban J connectivity index is 1.53. The van der Waals surface area contributed by atoms with Gasteiger partial charge >= 0.3 is 0 Å². The molecule has 3 heterocycles. The zero-order chi connectivity index (χ0) is 21.6. The Morgan fingerprint density at radius 1 is 1.19 bits per heavy atom. The van der Waals surface area contributed by atoms with Crippen LogP contribution in [0.1, 0.15) is 43.0 Å². The summed E-state index contributed by atoms with van der Waals surface area (Å²) >= 11 is 5.12. The van der Waals surface area contributed by atoms with Crippen LogP contribution in [0.3, 0.4) is 0 Å². The quantitative estimate of drug-likeness (QED) is 0.360. The van der Waals surface area contributed by atoms with Crippen LogP contribution in [0, 0.1) is 0 Å². The lowest BCUT2D eigenvalue weighted by Crippen LogP contribution is -2.30. The maximum atomic E-state index is 12.5. The molecule has 7 nitrogen and oxygen atoms in total. The Kier molecular flexibility index (Phi) is 7.45. The van der Waals surface area contributed by atoms with Crippen molar-refractivity contribution in [2.24, 2.45) is 0 Å². The number of anilines is 1. The van der Waals surface area contributed by atoms with Crippen LogP contribution in [0.25, 0.3) is 11.0 Å². The van der Waals surface area contributed by atoms with Crippen LogP contribution in [0.5, 0.6) is 0 Å². The number of rotatable bonds is 8. The molecule has 0 aliphatic carbocycles. The smallest absolute Gasteiger partial charge is 0.252 e. The predicted molar refractivity (Wildman–Crippen MR) is 129 cm³/mol. The fourth-order valence-electron chi connectivity index (χ4n) is 3.71. The van der Waals surface area contributed by atoms with E-state index in [-0.39, 0.29) is 5.91 Å². The molecule has 3 aromatic rings. The van der Waals surface area contributed by atoms with E-state index in [0.29, 0.717) is 18.7 Å². The van der Waals surface area contributed by atoms with Gasteiger partial charge in [-0.15, -0.1) is 0 Å². The van der Waals surface area contributed by atoms with Crippen LogP contribution < -0.4 is 10.2 Å². The van der Waals surface area contributed by atoms with E-state index in [1.807, 2.05) is 29.1 Å². The largest absolute Gasteiger partial charge is 0.356 e. The molecule has 4 rings (SSSR count). The van der Waals surface area contributed by atoms with Gasteiger partial charge in [0, 0.05) is 29.9 Å². The van der Waals surface area contributed by atoms with E-state index in [1.165, 1.54) is 19.3 Å². The average Bonchev–Trinajstić information content (AvgIpc) is 3.21. The highest BCUT2D eigenvalue weighted by molar-refractivity contribution is 9.10. The average molecular weight is 503 g/mol. The van der Waals surface area contributed by atoms with Gasteiger partial charge in [0.15, 0.2) is 10.8 Å². The number of nitrogens with zero attached hydrogens (tertiary/aromatic N) is 5. The minimum Gasteiger partial charge on any atom is -0.356 e. The number of hydrogen-bond acceptors (Lipinski definition) is 6. The Hall–Kier alpha value is -2.13. The van der Waals surface area contributed by atoms with Crippen molar-refractivity contribution in [2.75, 3.05) is 30.3 Å². The monoisotopic (exact) mass is 502 g/mol. The number of carbonyl (C=O) groups excluding carboxylic acids is 1. The summed E-state index contributed by atoms with van der Waals surface area (Å²) in [5, 5.41) is 9.34. The topological polar surface area (TPSA) is 75.9 Å². The normalized spacial score (nSPS) is 14.2. The summed E-state index contributed by atoms with van der Waals surface area (Å²) in [5.41, 5.74) is 1.46. The fraction of sp³-hybridized carbons (Fsp3) is 0.455. The van der Waals surface area contributed by atoms with Crippen molar-refractivity contribution < 1.29 is 4.79 Å². The van der Waals surface area contributed by atoms with E-state index < -0.39 is 0 Å². The molecule has 0 bridgehead atoms. The lowest BCUT2D eigenvalue weighted by atomic mass is 10.1. The zero-order valence-corrected chi connectivity index (χ0v) is 20.1. The highest BCUT2D eigenvalue weighted by atomic mass is 79.9. The van der Waals surface area contributed by atoms with Crippen molar-refractivity contribution in [3.05, 3.63) is 40.5 Å². The summed E-state index contributed by atoms with van der Waals surface area (Å²) in [5.74, 6) is 1.87. The first-order chi connectivity index (χ1) is 15.2. The highest BCUT2D eigenvalue weighted by Crippen LogP contribution is 2.29. The number of nitrogens with one attached hydrogen (secondary N) is 1. The van der Waals surface area contributed by atoms with Crippen LogP contribution in [-0.2, 0) is 6.54 Å². The summed E-state index contributed by atoms with van der Waals surface area (Å²) in [6.07, 6.45) is 6.60. The Morgan fingerprint density at radius 2 is 2.00 bits per heavy atom. The number of thioether (sulfide) groups is 1. The second kappa shape index (κ2) is 10.5. The zero-order valence-electron chi connectivity index (χ0n) is 17.7. The van der Waals surface area contributed by atoms with Gasteiger partial charge in [-0.1, -0.05) is 30.8 Å². The molecule has 1 aliphatic heterocycles. The molecule has 1 amide bonds. The number of aromatic nitrogens is 4. The van der Waals surface area contributed by atoms with E-state index in [9.17, 15) is 4.79 Å². The Labute approximate surface area is 195 Å². The van der Waals surface area contributed by atoms with E-state index in [0.717, 1.165) is 51.7 Å². The summed E-state index contributed by atoms with van der Waals surface area (Å²) in [6.45, 7) is 5.23. The van der Waals surface area contributed by atoms with Gasteiger partial charge in [-0.05, 0) is 53.7 Å². The number of benzene rings is 1. The molecule has 1 fully saturated rings. The number of amides is 1. The van der Waals surface area contributed by atoms with E-state index >= 15 is 0 Å². The summed E-state index contributed by atoms with van der Waals surface area (Å²) < 4.78 is 2.66. The van der Waals surface area contributed by atoms with Crippen molar-refractivity contribution in [1.82, 2.24) is 25.1 Å². The van der Waals surface area contributed by atoms with Gasteiger partial charge in [0.25, 0.3) is 5.91 Å². The lowest BCUT2D eigenvalue weighted by molar-refractivity contribution is 0.0951. The van der Waals surface area contributed by atoms with E-state index in [4.69, 9.17) is 9.97 Å². The molecule has 0 radical (unpaired) electrons. The van der Waals surface area contributed by atoms with Gasteiger partial charge in [0.05, 0.1) is 23.7 Å². The van der Waals surface area contributed by atoms with Crippen LogP contribution in [0.15, 0.2) is 40.1 Å². The molecule has 164 valence electrons. The summed E-state index contributed by atoms with van der Waals surface area (Å²) in [7, 11) is 0. The van der Waals surface area contributed by atoms with Crippen LogP contribution >= 0.6 is 27.7 Å². The third-order valence-corrected chi connectivity index (χ3v) is 7.02. The van der Waals surface area contributed by atoms with E-state index in [2.05, 4.69) is 38.2 Å². The number of piperidine rings is 1. The molecule has 31 heavy (non-hydrogen) atoms. The van der Waals surface area contributed by atoms with Gasteiger partial charge < -0.3 is 10.2 Å². The van der Waals surface area contributed by atoms with Crippen molar-refractivity contribution >= 4 is 50.5 Å². The number of halogens is 1. The maximum Gasteiger partial charge on any atom is 0.252 e. The third-order valence-electron chi connectivity index (χ3n) is 5.27. The predicted octanol–water partition coefficient (Wildman–Crippen LogP) is 4.51. The van der Waals surface area contributed by atoms with Crippen LogP contribution in [-0.4, -0.2) is 51.0 Å². The highest BCUT2D eigenvalue weighted by Gasteiger charge is 2.20. The first kappa shape index (κ1) is 22.1. The van der Waals surface area contributed by atoms with Crippen molar-refractivity contribution in [3.8, 4) is 0 Å². The first-order valence-corrected chi connectivity index (χ1v) is 12.6. The third kappa shape index (κ3) is 5.20. The van der Waals surface area contributed by atoms with Crippen molar-refractivity contribution in [2.45, 2.75) is 44.3 Å². The molecular formula is C22H27BrN6OS. The molecule has 0 atom stereocenters. The molecule has 9 heteroatoms. The molecule has 2 aromatic heterocycles. The molecule has 1 aliphatic rings. The van der Waals surface area contributed by atoms with Gasteiger partial charge in [-0.25, -0.2) is 14.6 Å². The SMILES string of the molecule is CCCSc1nc(N2CCCCC2)c2cnn(CCNC(=O)c3ccccc3Br)c2n1. The number of carbonyl (C=O) groups is 1. The summed E-state index contributed by atoms with van der Waals surface area (Å²) in [6, 6.07) is 7.42. The molecule has 0 saturated carbocycles. The molecule has 0 spiro atoms. The Bertz CT molecular complexity index is 1050. The summed E-state index contributed by atoms with van der Waals surface area (Å²) in [4.78, 5) is 24.5. The molecule has 0 unspecified atom stereocenters. The van der Waals surface area contributed by atoms with Gasteiger partial charge in [0.2, 0.25) is 0 Å². The minimum atomic E-state index is -0.105. The molecule has 1 saturated heterocycles. The second-order valence-corrected chi connectivity index (χ2v) is 9.48. The maximum absolute atomic E-state index is 12.5. The standard InChI is InChI=1S/C22H27BrN6OS/c1-2-14-31-22-26-19(28-11-6-3-7-12-28)17-15-25-29(20(17)27-22)13-10-24-21(30)16-8-4-5-9-18(16)23/h4-5,8-9,15H,2-3,6-7,10-14H2,1H3,(H,24,30). The molecular weight excluding hydrogens is 476 g/mol. The van der Waals surface area contributed by atoms with Gasteiger partial charge in [-0.3, -0.25) is 4.79 Å². The van der Waals surface area contributed by atoms with Gasteiger partial charge in [-0.2, -0.15) is 5.10 Å². The fourth-order valence-corrected chi connectivity index (χ4v) is 4.86. The second-order valence-electron chi connectivity index (χ2n) is 7.57. The minimum absolute atomic E-state index is 0.105. The van der Waals surface area contributed by atoms with Crippen LogP contribution in [0.4, 0.5) is 5.82 Å². The molecule has 1 aromatic carbocycles. The Morgan fingerprint density at radius 3 is 2.77 bits per heavy atom. The first-order valence-electron chi connectivity index (χ1n) is 10.8. The van der Waals surface area contributed by atoms with Gasteiger partial charge in [0.1, 0.15) is 5.82 Å². The van der Waals surface area contributed by atoms with Crippen LogP contribution in [0.2, 0.25) is 0 Å². The van der Waals surface area contributed by atoms with E-state index in [1.54, 1.807) is 17.8 Å². The van der Waals surface area contributed by atoms with Crippen molar-refractivity contribution in [1.29, 1.82) is 0 Å². The lowest BCUT2D eigenvalue weighted by Gasteiger charge is -2.28.